The highest BCUT2D eigenvalue weighted by Gasteiger charge is 2.24. The molecule has 0 spiro atoms. The summed E-state index contributed by atoms with van der Waals surface area (Å²) in [5, 5.41) is 5.00. The first-order chi connectivity index (χ1) is 12.2. The van der Waals surface area contributed by atoms with Crippen molar-refractivity contribution in [1.82, 2.24) is 15.3 Å². The van der Waals surface area contributed by atoms with Gasteiger partial charge in [0.05, 0.1) is 26.2 Å². The van der Waals surface area contributed by atoms with E-state index in [1.165, 1.54) is 0 Å². The van der Waals surface area contributed by atoms with Crippen molar-refractivity contribution in [2.75, 3.05) is 42.9 Å². The Labute approximate surface area is 145 Å². The predicted molar refractivity (Wildman–Crippen MR) is 93.4 cm³/mol. The van der Waals surface area contributed by atoms with Crippen LogP contribution in [0.5, 0.6) is 0 Å². The van der Waals surface area contributed by atoms with Gasteiger partial charge in [0, 0.05) is 18.1 Å². The lowest BCUT2D eigenvalue weighted by Crippen LogP contribution is -3.16. The average Bonchev–Trinajstić information content (AvgIpc) is 2.63. The molecule has 1 fully saturated rings. The van der Waals surface area contributed by atoms with Crippen molar-refractivity contribution in [1.29, 1.82) is 0 Å². The van der Waals surface area contributed by atoms with Gasteiger partial charge in [0.2, 0.25) is 5.95 Å². The second-order valence-electron chi connectivity index (χ2n) is 5.83. The van der Waals surface area contributed by atoms with E-state index in [2.05, 4.69) is 25.5 Å². The number of hydrogen-bond donors (Lipinski definition) is 3. The molecule has 2 aromatic rings. The highest BCUT2D eigenvalue weighted by atomic mass is 16.2. The summed E-state index contributed by atoms with van der Waals surface area (Å²) in [6.07, 6.45) is 3.45. The number of urea groups is 1. The number of hydrogen-bond acceptors (Lipinski definition) is 5. The summed E-state index contributed by atoms with van der Waals surface area (Å²) in [6.45, 7) is 3.43. The van der Waals surface area contributed by atoms with E-state index in [1.54, 1.807) is 30.6 Å². The van der Waals surface area contributed by atoms with Gasteiger partial charge in [-0.15, -0.1) is 0 Å². The lowest BCUT2D eigenvalue weighted by Gasteiger charge is -2.31. The number of carbonyl (C=O) groups is 2. The normalized spacial score (nSPS) is 14.8. The smallest absolute Gasteiger partial charge is 0.326 e. The number of amides is 3. The van der Waals surface area contributed by atoms with Crippen LogP contribution in [0.1, 0.15) is 0 Å². The Bertz CT molecular complexity index is 702. The van der Waals surface area contributed by atoms with Crippen molar-refractivity contribution in [2.45, 2.75) is 0 Å². The van der Waals surface area contributed by atoms with Gasteiger partial charge in [-0.05, 0) is 18.2 Å². The maximum Gasteiger partial charge on any atom is 0.326 e. The van der Waals surface area contributed by atoms with Gasteiger partial charge in [-0.25, -0.2) is 14.8 Å². The number of benzene rings is 1. The van der Waals surface area contributed by atoms with Crippen LogP contribution in [-0.4, -0.2) is 54.6 Å². The fraction of sp³-hybridized carbons (Fsp3) is 0.294. The molecule has 25 heavy (non-hydrogen) atoms. The van der Waals surface area contributed by atoms with Gasteiger partial charge < -0.3 is 15.1 Å². The Morgan fingerprint density at radius 2 is 1.72 bits per heavy atom. The first kappa shape index (κ1) is 16.8. The van der Waals surface area contributed by atoms with E-state index < -0.39 is 6.03 Å². The monoisotopic (exact) mass is 341 g/mol. The number of quaternary nitrogens is 1. The Morgan fingerprint density at radius 3 is 2.40 bits per heavy atom. The molecule has 0 atom stereocenters. The summed E-state index contributed by atoms with van der Waals surface area (Å²) >= 11 is 0. The van der Waals surface area contributed by atoms with Gasteiger partial charge in [-0.1, -0.05) is 18.2 Å². The number of imide groups is 1. The van der Waals surface area contributed by atoms with Crippen LogP contribution in [0.4, 0.5) is 16.4 Å². The van der Waals surface area contributed by atoms with Gasteiger partial charge in [-0.3, -0.25) is 10.1 Å². The fourth-order valence-corrected chi connectivity index (χ4v) is 2.74. The van der Waals surface area contributed by atoms with E-state index in [9.17, 15) is 9.59 Å². The molecule has 1 aliphatic rings. The van der Waals surface area contributed by atoms with Crippen LogP contribution in [0.15, 0.2) is 48.8 Å². The largest absolute Gasteiger partial charge is 0.330 e. The van der Waals surface area contributed by atoms with Crippen LogP contribution in [0.25, 0.3) is 0 Å². The average molecular weight is 341 g/mol. The number of aromatic nitrogens is 2. The highest BCUT2D eigenvalue weighted by Crippen LogP contribution is 2.04. The number of piperazine rings is 1. The van der Waals surface area contributed by atoms with Crippen LogP contribution in [0.2, 0.25) is 0 Å². The predicted octanol–water partition coefficient (Wildman–Crippen LogP) is -0.470. The zero-order chi connectivity index (χ0) is 17.5. The Hall–Kier alpha value is -3.00. The second-order valence-corrected chi connectivity index (χ2v) is 5.83. The summed E-state index contributed by atoms with van der Waals surface area (Å²) in [5.74, 6) is 0.432. The number of nitrogens with one attached hydrogen (secondary N) is 3. The summed E-state index contributed by atoms with van der Waals surface area (Å²) in [5.41, 5.74) is 0.650. The summed E-state index contributed by atoms with van der Waals surface area (Å²) in [7, 11) is 0. The molecule has 3 amide bonds. The van der Waals surface area contributed by atoms with E-state index in [0.29, 0.717) is 11.6 Å². The number of carbonyl (C=O) groups excluding carboxylic acids is 2. The number of nitrogens with zero attached hydrogens (tertiary/aromatic N) is 3. The lowest BCUT2D eigenvalue weighted by molar-refractivity contribution is -0.892. The standard InChI is InChI=1S/C17H20N6O2/c24-15(21-17(25)20-14-5-2-1-3-6-14)13-22-9-11-23(12-10-22)16-18-7-4-8-19-16/h1-8H,9-13H2,(H2,20,21,24,25)/p+1. The van der Waals surface area contributed by atoms with E-state index >= 15 is 0 Å². The Balaban J connectivity index is 1.41. The topological polar surface area (TPSA) is 91.7 Å². The van der Waals surface area contributed by atoms with Crippen LogP contribution < -0.4 is 20.4 Å². The lowest BCUT2D eigenvalue weighted by atomic mass is 10.3. The van der Waals surface area contributed by atoms with Gasteiger partial charge in [0.1, 0.15) is 0 Å². The van der Waals surface area contributed by atoms with Gasteiger partial charge in [-0.2, -0.15) is 0 Å². The molecule has 1 aromatic carbocycles. The van der Waals surface area contributed by atoms with Crippen LogP contribution in [0, 0.1) is 0 Å². The van der Waals surface area contributed by atoms with E-state index in [1.807, 2.05) is 18.2 Å². The maximum absolute atomic E-state index is 12.0. The summed E-state index contributed by atoms with van der Waals surface area (Å²) in [4.78, 5) is 35.6. The van der Waals surface area contributed by atoms with Crippen molar-refractivity contribution < 1.29 is 14.5 Å². The van der Waals surface area contributed by atoms with E-state index in [0.717, 1.165) is 31.1 Å². The minimum atomic E-state index is -0.507. The van der Waals surface area contributed by atoms with Gasteiger partial charge in [0.15, 0.2) is 6.54 Å². The summed E-state index contributed by atoms with van der Waals surface area (Å²) in [6, 6.07) is 10.3. The van der Waals surface area contributed by atoms with Crippen molar-refractivity contribution in [3.05, 3.63) is 48.8 Å². The first-order valence-electron chi connectivity index (χ1n) is 8.22. The molecule has 0 unspecified atom stereocenters. The van der Waals surface area contributed by atoms with E-state index in [4.69, 9.17) is 0 Å². The Morgan fingerprint density at radius 1 is 1.04 bits per heavy atom. The number of para-hydroxylation sites is 1. The molecule has 8 nitrogen and oxygen atoms in total. The molecule has 1 aliphatic heterocycles. The van der Waals surface area contributed by atoms with Crippen LogP contribution in [0.3, 0.4) is 0 Å². The van der Waals surface area contributed by atoms with Crippen molar-refractivity contribution in [3.8, 4) is 0 Å². The molecule has 1 aromatic heterocycles. The minimum absolute atomic E-state index is 0.270. The van der Waals surface area contributed by atoms with Gasteiger partial charge >= 0.3 is 6.03 Å². The molecule has 2 heterocycles. The third-order valence-corrected chi connectivity index (χ3v) is 4.00. The highest BCUT2D eigenvalue weighted by molar-refractivity contribution is 6.01. The third kappa shape index (κ3) is 4.98. The molecule has 130 valence electrons. The molecule has 1 saturated heterocycles. The molecule has 3 rings (SSSR count). The fourth-order valence-electron chi connectivity index (χ4n) is 2.74. The third-order valence-electron chi connectivity index (χ3n) is 4.00. The van der Waals surface area contributed by atoms with Crippen LogP contribution in [-0.2, 0) is 4.79 Å². The SMILES string of the molecule is O=C(C[NH+]1CCN(c2ncccn2)CC1)NC(=O)Nc1ccccc1. The number of anilines is 2. The molecular formula is C17H21N6O2+. The van der Waals surface area contributed by atoms with E-state index in [-0.39, 0.29) is 12.5 Å². The quantitative estimate of drug-likeness (QED) is 0.699. The zero-order valence-corrected chi connectivity index (χ0v) is 13.8. The number of rotatable bonds is 4. The summed E-state index contributed by atoms with van der Waals surface area (Å²) < 4.78 is 0. The maximum atomic E-state index is 12.0. The van der Waals surface area contributed by atoms with Crippen molar-refractivity contribution >= 4 is 23.6 Å². The zero-order valence-electron chi connectivity index (χ0n) is 13.8. The van der Waals surface area contributed by atoms with Crippen molar-refractivity contribution in [2.24, 2.45) is 0 Å². The van der Waals surface area contributed by atoms with Gasteiger partial charge in [0.25, 0.3) is 5.91 Å². The Kier molecular flexibility index (Phi) is 5.53. The second kappa shape index (κ2) is 8.20. The molecule has 0 aliphatic carbocycles. The first-order valence-corrected chi connectivity index (χ1v) is 8.22. The van der Waals surface area contributed by atoms with Crippen molar-refractivity contribution in [3.63, 3.8) is 0 Å². The van der Waals surface area contributed by atoms with Crippen LogP contribution >= 0.6 is 0 Å². The molecule has 0 saturated carbocycles. The minimum Gasteiger partial charge on any atom is -0.330 e. The molecular weight excluding hydrogens is 320 g/mol. The molecule has 8 heteroatoms. The molecule has 3 N–H and O–H groups in total. The molecule has 0 bridgehead atoms. The molecule has 0 radical (unpaired) electrons.